The Labute approximate surface area is 101 Å². The van der Waals surface area contributed by atoms with E-state index in [0.717, 1.165) is 6.42 Å². The molecule has 0 spiro atoms. The molecule has 88 valence electrons. The Balaban J connectivity index is 2.07. The van der Waals surface area contributed by atoms with Crippen molar-refractivity contribution in [1.29, 1.82) is 0 Å². The summed E-state index contributed by atoms with van der Waals surface area (Å²) in [5.41, 5.74) is 0. The van der Waals surface area contributed by atoms with Crippen LogP contribution in [0.15, 0.2) is 18.3 Å². The number of likely N-dealkylation sites (N-methyl/N-ethyl adjacent to an activating group) is 1. The molecule has 16 heavy (non-hydrogen) atoms. The molecule has 2 unspecified atom stereocenters. The van der Waals surface area contributed by atoms with Gasteiger partial charge in [0.15, 0.2) is 0 Å². The Bertz CT molecular complexity index is 357. The van der Waals surface area contributed by atoms with Gasteiger partial charge in [0.1, 0.15) is 11.1 Å². The summed E-state index contributed by atoms with van der Waals surface area (Å²) in [5.74, 6) is 0.558. The lowest BCUT2D eigenvalue weighted by atomic mass is 10.2. The van der Waals surface area contributed by atoms with E-state index >= 15 is 0 Å². The third kappa shape index (κ3) is 2.47. The van der Waals surface area contributed by atoms with Gasteiger partial charge in [-0.25, -0.2) is 4.98 Å². The molecule has 1 aliphatic rings. The average Bonchev–Trinajstić information content (AvgIpc) is 2.69. The molecule has 0 radical (unpaired) electrons. The monoisotopic (exact) mass is 240 g/mol. The first-order valence-electron chi connectivity index (χ1n) is 5.62. The second-order valence-electron chi connectivity index (χ2n) is 4.41. The van der Waals surface area contributed by atoms with Crippen LogP contribution >= 0.6 is 11.6 Å². The maximum Gasteiger partial charge on any atom is 0.232 e. The van der Waals surface area contributed by atoms with Crippen molar-refractivity contribution in [3.8, 4) is 5.88 Å². The minimum atomic E-state index is 0.211. The average molecular weight is 241 g/mol. The van der Waals surface area contributed by atoms with Crippen LogP contribution in [0.2, 0.25) is 5.02 Å². The number of rotatable bonds is 3. The molecular formula is C12H17ClN2O. The van der Waals surface area contributed by atoms with Gasteiger partial charge in [-0.2, -0.15) is 0 Å². The molecule has 1 aliphatic carbocycles. The standard InChI is InChI=1S/C12H17ClN2O/c1-15(2)10-6-3-7-11(10)16-12-9(13)5-4-8-14-12/h4-5,8,10-11H,3,6-7H2,1-2H3. The SMILES string of the molecule is CN(C)C1CCCC1Oc1ncccc1Cl. The van der Waals surface area contributed by atoms with Gasteiger partial charge in [-0.05, 0) is 45.5 Å². The summed E-state index contributed by atoms with van der Waals surface area (Å²) >= 11 is 6.03. The van der Waals surface area contributed by atoms with Crippen LogP contribution in [0.5, 0.6) is 5.88 Å². The summed E-state index contributed by atoms with van der Waals surface area (Å²) in [6, 6.07) is 4.09. The molecular weight excluding hydrogens is 224 g/mol. The van der Waals surface area contributed by atoms with E-state index in [-0.39, 0.29) is 6.10 Å². The molecule has 0 amide bonds. The van der Waals surface area contributed by atoms with E-state index in [0.29, 0.717) is 16.9 Å². The topological polar surface area (TPSA) is 25.4 Å². The third-order valence-corrected chi connectivity index (χ3v) is 3.36. The van der Waals surface area contributed by atoms with Crippen molar-refractivity contribution in [3.05, 3.63) is 23.4 Å². The van der Waals surface area contributed by atoms with E-state index < -0.39 is 0 Å². The van der Waals surface area contributed by atoms with Crippen molar-refractivity contribution in [3.63, 3.8) is 0 Å². The lowest BCUT2D eigenvalue weighted by Gasteiger charge is -2.26. The summed E-state index contributed by atoms with van der Waals surface area (Å²) in [4.78, 5) is 6.38. The Morgan fingerprint density at radius 2 is 2.25 bits per heavy atom. The van der Waals surface area contributed by atoms with Crippen molar-refractivity contribution in [1.82, 2.24) is 9.88 Å². The molecule has 1 fully saturated rings. The van der Waals surface area contributed by atoms with Crippen LogP contribution in [0, 0.1) is 0 Å². The molecule has 3 nitrogen and oxygen atoms in total. The molecule has 2 rings (SSSR count). The Morgan fingerprint density at radius 3 is 2.94 bits per heavy atom. The molecule has 1 aromatic rings. The molecule has 0 N–H and O–H groups in total. The molecule has 4 heteroatoms. The minimum Gasteiger partial charge on any atom is -0.472 e. The fraction of sp³-hybridized carbons (Fsp3) is 0.583. The summed E-state index contributed by atoms with van der Waals surface area (Å²) in [5, 5.41) is 0.590. The molecule has 0 bridgehead atoms. The highest BCUT2D eigenvalue weighted by Gasteiger charge is 2.31. The van der Waals surface area contributed by atoms with Gasteiger partial charge in [-0.1, -0.05) is 11.6 Å². The van der Waals surface area contributed by atoms with Gasteiger partial charge in [-0.15, -0.1) is 0 Å². The Kier molecular flexibility index (Phi) is 3.66. The molecule has 1 saturated carbocycles. The van der Waals surface area contributed by atoms with Crippen molar-refractivity contribution >= 4 is 11.6 Å². The Morgan fingerprint density at radius 1 is 1.44 bits per heavy atom. The zero-order valence-corrected chi connectivity index (χ0v) is 10.4. The molecule has 0 aliphatic heterocycles. The van der Waals surface area contributed by atoms with Crippen LogP contribution in [-0.2, 0) is 0 Å². The minimum absolute atomic E-state index is 0.211. The zero-order valence-electron chi connectivity index (χ0n) is 9.69. The summed E-state index contributed by atoms with van der Waals surface area (Å²) < 4.78 is 5.90. The van der Waals surface area contributed by atoms with Crippen molar-refractivity contribution in [2.24, 2.45) is 0 Å². The van der Waals surface area contributed by atoms with Crippen LogP contribution in [-0.4, -0.2) is 36.1 Å². The van der Waals surface area contributed by atoms with Gasteiger partial charge in [-0.3, -0.25) is 0 Å². The molecule has 0 saturated heterocycles. The fourth-order valence-electron chi connectivity index (χ4n) is 2.24. The third-order valence-electron chi connectivity index (χ3n) is 3.07. The van der Waals surface area contributed by atoms with E-state index in [1.807, 2.05) is 12.1 Å². The number of nitrogens with zero attached hydrogens (tertiary/aromatic N) is 2. The van der Waals surface area contributed by atoms with Crippen LogP contribution in [0.1, 0.15) is 19.3 Å². The fourth-order valence-corrected chi connectivity index (χ4v) is 2.40. The highest BCUT2D eigenvalue weighted by atomic mass is 35.5. The second-order valence-corrected chi connectivity index (χ2v) is 4.82. The van der Waals surface area contributed by atoms with Gasteiger partial charge in [0, 0.05) is 12.2 Å². The number of ether oxygens (including phenoxy) is 1. The van der Waals surface area contributed by atoms with Gasteiger partial charge in [0.25, 0.3) is 0 Å². The number of pyridine rings is 1. The van der Waals surface area contributed by atoms with E-state index in [1.165, 1.54) is 12.8 Å². The van der Waals surface area contributed by atoms with Gasteiger partial charge >= 0.3 is 0 Å². The lowest BCUT2D eigenvalue weighted by Crippen LogP contribution is -2.38. The first-order chi connectivity index (χ1) is 7.68. The van der Waals surface area contributed by atoms with Crippen LogP contribution in [0.3, 0.4) is 0 Å². The predicted molar refractivity (Wildman–Crippen MR) is 65.0 cm³/mol. The van der Waals surface area contributed by atoms with E-state index in [1.54, 1.807) is 6.20 Å². The van der Waals surface area contributed by atoms with Crippen LogP contribution in [0.4, 0.5) is 0 Å². The lowest BCUT2D eigenvalue weighted by molar-refractivity contribution is 0.116. The maximum atomic E-state index is 6.03. The Hall–Kier alpha value is -0.800. The van der Waals surface area contributed by atoms with E-state index in [2.05, 4.69) is 24.0 Å². The van der Waals surface area contributed by atoms with Crippen molar-refractivity contribution < 1.29 is 4.74 Å². The van der Waals surface area contributed by atoms with Crippen LogP contribution < -0.4 is 4.74 Å². The predicted octanol–water partition coefficient (Wildman–Crippen LogP) is 2.60. The summed E-state index contributed by atoms with van der Waals surface area (Å²) in [7, 11) is 4.18. The number of hydrogen-bond donors (Lipinski definition) is 0. The molecule has 1 heterocycles. The number of aromatic nitrogens is 1. The molecule has 1 aromatic heterocycles. The maximum absolute atomic E-state index is 6.03. The van der Waals surface area contributed by atoms with Crippen LogP contribution in [0.25, 0.3) is 0 Å². The number of halogens is 1. The first kappa shape index (κ1) is 11.7. The highest BCUT2D eigenvalue weighted by Crippen LogP contribution is 2.29. The van der Waals surface area contributed by atoms with Crippen molar-refractivity contribution in [2.45, 2.75) is 31.4 Å². The smallest absolute Gasteiger partial charge is 0.232 e. The molecule has 0 aromatic carbocycles. The quantitative estimate of drug-likeness (QED) is 0.812. The first-order valence-corrected chi connectivity index (χ1v) is 6.00. The largest absolute Gasteiger partial charge is 0.472 e. The summed E-state index contributed by atoms with van der Waals surface area (Å²) in [6.07, 6.45) is 5.39. The van der Waals surface area contributed by atoms with E-state index in [9.17, 15) is 0 Å². The van der Waals surface area contributed by atoms with Gasteiger partial charge in [0.05, 0.1) is 0 Å². The molecule has 2 atom stereocenters. The van der Waals surface area contributed by atoms with Gasteiger partial charge in [0.2, 0.25) is 5.88 Å². The van der Waals surface area contributed by atoms with E-state index in [4.69, 9.17) is 16.3 Å². The second kappa shape index (κ2) is 5.02. The van der Waals surface area contributed by atoms with Crippen molar-refractivity contribution in [2.75, 3.05) is 14.1 Å². The summed E-state index contributed by atoms with van der Waals surface area (Å²) in [6.45, 7) is 0. The highest BCUT2D eigenvalue weighted by molar-refractivity contribution is 6.31. The zero-order chi connectivity index (χ0) is 11.5. The van der Waals surface area contributed by atoms with Gasteiger partial charge < -0.3 is 9.64 Å². The normalized spacial score (nSPS) is 25.0. The number of hydrogen-bond acceptors (Lipinski definition) is 3.